The molecule has 0 aliphatic heterocycles. The van der Waals surface area contributed by atoms with Crippen molar-refractivity contribution in [3.05, 3.63) is 39.9 Å². The van der Waals surface area contributed by atoms with Crippen molar-refractivity contribution >= 4 is 11.7 Å². The molecule has 0 saturated heterocycles. The molecular formula is C12H15NO4. The van der Waals surface area contributed by atoms with Crippen LogP contribution in [0.2, 0.25) is 0 Å². The van der Waals surface area contributed by atoms with Gasteiger partial charge in [0.1, 0.15) is 0 Å². The van der Waals surface area contributed by atoms with Gasteiger partial charge >= 0.3 is 5.97 Å². The number of hydrogen-bond donors (Lipinski definition) is 1. The maximum absolute atomic E-state index is 11.4. The molecule has 5 heteroatoms. The minimum atomic E-state index is -1.04. The standard InChI is InChI=1S/C12H15NO4/c1-3-12(4-2,11(14)15)9-6-5-7-10(8-9)13(16)17/h5-8H,3-4H2,1-2H3,(H,14,15). The smallest absolute Gasteiger partial charge is 0.314 e. The lowest BCUT2D eigenvalue weighted by Gasteiger charge is -2.26. The van der Waals surface area contributed by atoms with Gasteiger partial charge in [0.15, 0.2) is 0 Å². The molecule has 1 N–H and O–H groups in total. The second-order valence-corrected chi connectivity index (χ2v) is 3.90. The number of hydrogen-bond acceptors (Lipinski definition) is 3. The number of nitrogens with zero attached hydrogens (tertiary/aromatic N) is 1. The molecule has 0 aromatic heterocycles. The van der Waals surface area contributed by atoms with Gasteiger partial charge in [-0.05, 0) is 18.4 Å². The van der Waals surface area contributed by atoms with Crippen molar-refractivity contribution in [2.24, 2.45) is 0 Å². The second-order valence-electron chi connectivity index (χ2n) is 3.90. The molecular weight excluding hydrogens is 222 g/mol. The van der Waals surface area contributed by atoms with Crippen LogP contribution in [0.4, 0.5) is 5.69 Å². The molecule has 0 bridgehead atoms. The molecule has 0 atom stereocenters. The number of benzene rings is 1. The lowest BCUT2D eigenvalue weighted by atomic mass is 9.76. The summed E-state index contributed by atoms with van der Waals surface area (Å²) in [5, 5.41) is 20.0. The van der Waals surface area contributed by atoms with Crippen LogP contribution in [0.3, 0.4) is 0 Å². The van der Waals surface area contributed by atoms with Gasteiger partial charge < -0.3 is 5.11 Å². The molecule has 5 nitrogen and oxygen atoms in total. The maximum Gasteiger partial charge on any atom is 0.314 e. The van der Waals surface area contributed by atoms with Crippen molar-refractivity contribution in [1.82, 2.24) is 0 Å². The van der Waals surface area contributed by atoms with Crippen LogP contribution in [0, 0.1) is 10.1 Å². The van der Waals surface area contributed by atoms with Crippen LogP contribution in [-0.2, 0) is 10.2 Å². The topological polar surface area (TPSA) is 80.4 Å². The molecule has 1 rings (SSSR count). The quantitative estimate of drug-likeness (QED) is 0.630. The van der Waals surface area contributed by atoms with E-state index in [0.717, 1.165) is 0 Å². The summed E-state index contributed by atoms with van der Waals surface area (Å²) in [6.45, 7) is 3.55. The zero-order valence-corrected chi connectivity index (χ0v) is 9.84. The Hall–Kier alpha value is -1.91. The van der Waals surface area contributed by atoms with E-state index >= 15 is 0 Å². The Kier molecular flexibility index (Phi) is 3.83. The molecule has 17 heavy (non-hydrogen) atoms. The molecule has 92 valence electrons. The van der Waals surface area contributed by atoms with Crippen LogP contribution in [0.5, 0.6) is 0 Å². The third-order valence-corrected chi connectivity index (χ3v) is 3.23. The fraction of sp³-hybridized carbons (Fsp3) is 0.417. The number of carboxylic acids is 1. The average Bonchev–Trinajstić information content (AvgIpc) is 2.31. The Bertz CT molecular complexity index is 438. The molecule has 0 saturated carbocycles. The molecule has 0 radical (unpaired) electrons. The third kappa shape index (κ3) is 2.27. The van der Waals surface area contributed by atoms with Gasteiger partial charge in [0.25, 0.3) is 5.69 Å². The first-order chi connectivity index (χ1) is 7.97. The molecule has 0 aliphatic carbocycles. The number of nitro groups is 1. The van der Waals surface area contributed by atoms with Gasteiger partial charge in [0.05, 0.1) is 10.3 Å². The van der Waals surface area contributed by atoms with E-state index < -0.39 is 16.3 Å². The highest BCUT2D eigenvalue weighted by Crippen LogP contribution is 2.33. The monoisotopic (exact) mass is 237 g/mol. The molecule has 1 aromatic rings. The Labute approximate surface area is 99.2 Å². The van der Waals surface area contributed by atoms with Crippen molar-refractivity contribution in [2.45, 2.75) is 32.1 Å². The summed E-state index contributed by atoms with van der Waals surface area (Å²) in [4.78, 5) is 21.6. The second kappa shape index (κ2) is 4.95. The first kappa shape index (κ1) is 13.2. The molecule has 0 heterocycles. The Morgan fingerprint density at radius 1 is 1.41 bits per heavy atom. The fourth-order valence-corrected chi connectivity index (χ4v) is 2.00. The van der Waals surface area contributed by atoms with Crippen molar-refractivity contribution in [3.63, 3.8) is 0 Å². The molecule has 1 aromatic carbocycles. The van der Waals surface area contributed by atoms with E-state index in [1.54, 1.807) is 19.9 Å². The first-order valence-electron chi connectivity index (χ1n) is 5.46. The summed E-state index contributed by atoms with van der Waals surface area (Å²) < 4.78 is 0. The number of nitro benzene ring substituents is 1. The molecule has 0 aliphatic rings. The third-order valence-electron chi connectivity index (χ3n) is 3.23. The largest absolute Gasteiger partial charge is 0.481 e. The van der Waals surface area contributed by atoms with Crippen molar-refractivity contribution < 1.29 is 14.8 Å². The summed E-state index contributed by atoms with van der Waals surface area (Å²) in [7, 11) is 0. The molecule has 0 fully saturated rings. The summed E-state index contributed by atoms with van der Waals surface area (Å²) in [5.41, 5.74) is -0.620. The minimum absolute atomic E-state index is 0.0741. The molecule has 0 spiro atoms. The van der Waals surface area contributed by atoms with Gasteiger partial charge in [-0.15, -0.1) is 0 Å². The Balaban J connectivity index is 3.33. The highest BCUT2D eigenvalue weighted by molar-refractivity contribution is 5.81. The van der Waals surface area contributed by atoms with E-state index in [1.807, 2.05) is 0 Å². The predicted molar refractivity (Wildman–Crippen MR) is 63.0 cm³/mol. The number of aliphatic carboxylic acids is 1. The summed E-state index contributed by atoms with van der Waals surface area (Å²) in [5.74, 6) is -0.942. The first-order valence-corrected chi connectivity index (χ1v) is 5.46. The number of rotatable bonds is 5. The van der Waals surface area contributed by atoms with Gasteiger partial charge in [0, 0.05) is 12.1 Å². The van der Waals surface area contributed by atoms with E-state index in [2.05, 4.69) is 0 Å². The number of non-ortho nitro benzene ring substituents is 1. The fourth-order valence-electron chi connectivity index (χ4n) is 2.00. The maximum atomic E-state index is 11.4. The van der Waals surface area contributed by atoms with E-state index in [4.69, 9.17) is 0 Å². The van der Waals surface area contributed by atoms with Crippen LogP contribution in [0.1, 0.15) is 32.3 Å². The van der Waals surface area contributed by atoms with Gasteiger partial charge in [0.2, 0.25) is 0 Å². The van der Waals surface area contributed by atoms with Crippen LogP contribution in [0.15, 0.2) is 24.3 Å². The minimum Gasteiger partial charge on any atom is -0.481 e. The lowest BCUT2D eigenvalue weighted by molar-refractivity contribution is -0.385. The van der Waals surface area contributed by atoms with E-state index in [1.165, 1.54) is 18.2 Å². The zero-order chi connectivity index (χ0) is 13.1. The normalized spacial score (nSPS) is 11.2. The van der Waals surface area contributed by atoms with Crippen LogP contribution in [-0.4, -0.2) is 16.0 Å². The number of carboxylic acid groups (broad SMARTS) is 1. The van der Waals surface area contributed by atoms with Gasteiger partial charge in [-0.1, -0.05) is 26.0 Å². The molecule has 0 unspecified atom stereocenters. The van der Waals surface area contributed by atoms with Crippen LogP contribution in [0.25, 0.3) is 0 Å². The molecule has 0 amide bonds. The van der Waals surface area contributed by atoms with Gasteiger partial charge in [-0.3, -0.25) is 14.9 Å². The van der Waals surface area contributed by atoms with Crippen LogP contribution < -0.4 is 0 Å². The number of carbonyl (C=O) groups is 1. The van der Waals surface area contributed by atoms with E-state index in [-0.39, 0.29) is 5.69 Å². The van der Waals surface area contributed by atoms with Crippen molar-refractivity contribution in [3.8, 4) is 0 Å². The highest BCUT2D eigenvalue weighted by atomic mass is 16.6. The van der Waals surface area contributed by atoms with Gasteiger partial charge in [-0.25, -0.2) is 0 Å². The summed E-state index contributed by atoms with van der Waals surface area (Å²) in [6.07, 6.45) is 0.806. The Morgan fingerprint density at radius 2 is 2.00 bits per heavy atom. The van der Waals surface area contributed by atoms with Crippen molar-refractivity contribution in [1.29, 1.82) is 0 Å². The Morgan fingerprint density at radius 3 is 2.41 bits per heavy atom. The van der Waals surface area contributed by atoms with Gasteiger partial charge in [-0.2, -0.15) is 0 Å². The highest BCUT2D eigenvalue weighted by Gasteiger charge is 2.37. The SMILES string of the molecule is CCC(CC)(C(=O)O)c1cccc([N+](=O)[O-])c1. The zero-order valence-electron chi connectivity index (χ0n) is 9.84. The lowest BCUT2D eigenvalue weighted by Crippen LogP contribution is -2.34. The van der Waals surface area contributed by atoms with Crippen LogP contribution >= 0.6 is 0 Å². The van der Waals surface area contributed by atoms with Crippen molar-refractivity contribution in [2.75, 3.05) is 0 Å². The van der Waals surface area contributed by atoms with E-state index in [0.29, 0.717) is 18.4 Å². The predicted octanol–water partition coefficient (Wildman–Crippen LogP) is 2.74. The summed E-state index contributed by atoms with van der Waals surface area (Å²) in [6, 6.07) is 5.87. The average molecular weight is 237 g/mol. The summed E-state index contributed by atoms with van der Waals surface area (Å²) >= 11 is 0. The van der Waals surface area contributed by atoms with E-state index in [9.17, 15) is 20.0 Å².